The molecule has 0 aliphatic carbocycles. The molecule has 0 aromatic heterocycles. The van der Waals surface area contributed by atoms with Crippen LogP contribution in [0.3, 0.4) is 0 Å². The van der Waals surface area contributed by atoms with E-state index < -0.39 is 10.1 Å². The van der Waals surface area contributed by atoms with Gasteiger partial charge in [0.05, 0.1) is 0 Å². The molecular formula is C13H14O4S. The van der Waals surface area contributed by atoms with Gasteiger partial charge in [0.25, 0.3) is 10.1 Å². The number of rotatable bonds is 2. The van der Waals surface area contributed by atoms with Gasteiger partial charge in [-0.05, 0) is 18.6 Å². The van der Waals surface area contributed by atoms with Crippen LogP contribution in [0.2, 0.25) is 0 Å². The standard InChI is InChI=1S/C13H12O3S.H2O/c1-10-6-8-11(9-7-10)12-4-2-3-5-13(12)17(14,15)16;/h2-9H,1H3,(H,14,15,16);1H2. The van der Waals surface area contributed by atoms with E-state index in [0.29, 0.717) is 5.56 Å². The van der Waals surface area contributed by atoms with Crippen molar-refractivity contribution >= 4 is 10.1 Å². The molecule has 2 aromatic rings. The van der Waals surface area contributed by atoms with Crippen molar-refractivity contribution in [3.8, 4) is 11.1 Å². The monoisotopic (exact) mass is 266 g/mol. The lowest BCUT2D eigenvalue weighted by Crippen LogP contribution is -2.00. The molecule has 0 aliphatic heterocycles. The first kappa shape index (κ1) is 14.4. The molecule has 0 heterocycles. The van der Waals surface area contributed by atoms with E-state index in [1.165, 1.54) is 6.07 Å². The van der Waals surface area contributed by atoms with E-state index in [2.05, 4.69) is 0 Å². The van der Waals surface area contributed by atoms with Crippen LogP contribution in [0.5, 0.6) is 0 Å². The van der Waals surface area contributed by atoms with Crippen LogP contribution in [0.1, 0.15) is 5.56 Å². The van der Waals surface area contributed by atoms with E-state index in [1.54, 1.807) is 18.2 Å². The summed E-state index contributed by atoms with van der Waals surface area (Å²) >= 11 is 0. The van der Waals surface area contributed by atoms with Crippen molar-refractivity contribution in [1.29, 1.82) is 0 Å². The van der Waals surface area contributed by atoms with Crippen molar-refractivity contribution < 1.29 is 18.4 Å². The van der Waals surface area contributed by atoms with E-state index in [0.717, 1.165) is 11.1 Å². The smallest absolute Gasteiger partial charge is 0.295 e. The molecule has 5 heteroatoms. The Morgan fingerprint density at radius 2 is 1.50 bits per heavy atom. The highest BCUT2D eigenvalue weighted by Crippen LogP contribution is 2.27. The summed E-state index contributed by atoms with van der Waals surface area (Å²) in [5.74, 6) is 0. The van der Waals surface area contributed by atoms with Gasteiger partial charge in [0, 0.05) is 5.56 Å². The predicted octanol–water partition coefficient (Wildman–Crippen LogP) is 2.08. The number of hydrogen-bond acceptors (Lipinski definition) is 2. The topological polar surface area (TPSA) is 85.9 Å². The van der Waals surface area contributed by atoms with Crippen LogP contribution in [0.4, 0.5) is 0 Å². The van der Waals surface area contributed by atoms with Gasteiger partial charge in [-0.1, -0.05) is 48.0 Å². The maximum Gasteiger partial charge on any atom is 0.295 e. The first-order valence-corrected chi connectivity index (χ1v) is 6.56. The number of aryl methyl sites for hydroxylation is 1. The highest BCUT2D eigenvalue weighted by Gasteiger charge is 2.15. The Morgan fingerprint density at radius 3 is 2.06 bits per heavy atom. The molecule has 3 N–H and O–H groups in total. The second-order valence-electron chi connectivity index (χ2n) is 3.84. The lowest BCUT2D eigenvalue weighted by molar-refractivity contribution is 0.483. The molecule has 0 bridgehead atoms. The van der Waals surface area contributed by atoms with E-state index in [4.69, 9.17) is 4.55 Å². The Labute approximate surface area is 106 Å². The fourth-order valence-electron chi connectivity index (χ4n) is 1.66. The molecule has 0 aliphatic rings. The maximum atomic E-state index is 11.2. The van der Waals surface area contributed by atoms with Gasteiger partial charge in [-0.15, -0.1) is 0 Å². The van der Waals surface area contributed by atoms with Gasteiger partial charge in [-0.2, -0.15) is 8.42 Å². The molecule has 0 atom stereocenters. The third kappa shape index (κ3) is 2.95. The molecule has 2 aromatic carbocycles. The molecule has 0 radical (unpaired) electrons. The summed E-state index contributed by atoms with van der Waals surface area (Å²) in [4.78, 5) is -0.0659. The molecule has 0 amide bonds. The minimum Gasteiger partial charge on any atom is -0.412 e. The Balaban J connectivity index is 0.00000162. The fraction of sp³-hybridized carbons (Fsp3) is 0.0769. The molecule has 4 nitrogen and oxygen atoms in total. The fourth-order valence-corrected chi connectivity index (χ4v) is 2.38. The van der Waals surface area contributed by atoms with Gasteiger partial charge in [0.2, 0.25) is 0 Å². The van der Waals surface area contributed by atoms with Crippen LogP contribution in [0.15, 0.2) is 53.4 Å². The molecule has 0 fully saturated rings. The zero-order chi connectivity index (χ0) is 12.5. The third-order valence-corrected chi connectivity index (χ3v) is 3.44. The number of benzene rings is 2. The van der Waals surface area contributed by atoms with Gasteiger partial charge in [0.1, 0.15) is 4.90 Å². The van der Waals surface area contributed by atoms with Crippen LogP contribution >= 0.6 is 0 Å². The minimum absolute atomic E-state index is 0. The van der Waals surface area contributed by atoms with Crippen molar-refractivity contribution in [3.63, 3.8) is 0 Å². The first-order valence-electron chi connectivity index (χ1n) is 5.12. The van der Waals surface area contributed by atoms with Gasteiger partial charge in [-0.25, -0.2) is 0 Å². The SMILES string of the molecule is Cc1ccc(-c2ccccc2S(=O)(=O)O)cc1.O. The average Bonchev–Trinajstić information content (AvgIpc) is 2.29. The normalized spacial score (nSPS) is 10.8. The van der Waals surface area contributed by atoms with Crippen LogP contribution in [0.25, 0.3) is 11.1 Å². The zero-order valence-electron chi connectivity index (χ0n) is 9.79. The van der Waals surface area contributed by atoms with Crippen LogP contribution in [-0.2, 0) is 10.1 Å². The van der Waals surface area contributed by atoms with Crippen LogP contribution in [-0.4, -0.2) is 18.4 Å². The van der Waals surface area contributed by atoms with Gasteiger partial charge in [-0.3, -0.25) is 4.55 Å². The summed E-state index contributed by atoms with van der Waals surface area (Å²) < 4.78 is 31.7. The Kier molecular flexibility index (Phi) is 4.24. The summed E-state index contributed by atoms with van der Waals surface area (Å²) in [5, 5.41) is 0. The highest BCUT2D eigenvalue weighted by atomic mass is 32.2. The molecule has 0 saturated carbocycles. The van der Waals surface area contributed by atoms with E-state index >= 15 is 0 Å². The van der Waals surface area contributed by atoms with Crippen molar-refractivity contribution in [1.82, 2.24) is 0 Å². The summed E-state index contributed by atoms with van der Waals surface area (Å²) in [6.07, 6.45) is 0. The Morgan fingerprint density at radius 1 is 0.944 bits per heavy atom. The Bertz CT molecular complexity index is 630. The summed E-state index contributed by atoms with van der Waals surface area (Å²) in [6, 6.07) is 13.9. The van der Waals surface area contributed by atoms with Crippen molar-refractivity contribution in [3.05, 3.63) is 54.1 Å². The van der Waals surface area contributed by atoms with Gasteiger partial charge < -0.3 is 5.48 Å². The van der Waals surface area contributed by atoms with E-state index in [1.807, 2.05) is 31.2 Å². The van der Waals surface area contributed by atoms with Crippen molar-refractivity contribution in [2.75, 3.05) is 0 Å². The summed E-state index contributed by atoms with van der Waals surface area (Å²) in [7, 11) is -4.19. The summed E-state index contributed by atoms with van der Waals surface area (Å²) in [5.41, 5.74) is 2.37. The van der Waals surface area contributed by atoms with E-state index in [9.17, 15) is 8.42 Å². The molecule has 2 rings (SSSR count). The Hall–Kier alpha value is -1.69. The van der Waals surface area contributed by atoms with Crippen LogP contribution < -0.4 is 0 Å². The van der Waals surface area contributed by atoms with Gasteiger partial charge >= 0.3 is 0 Å². The second-order valence-corrected chi connectivity index (χ2v) is 5.23. The third-order valence-electron chi connectivity index (χ3n) is 2.53. The quantitative estimate of drug-likeness (QED) is 0.844. The van der Waals surface area contributed by atoms with Crippen molar-refractivity contribution in [2.24, 2.45) is 0 Å². The average molecular weight is 266 g/mol. The molecular weight excluding hydrogens is 252 g/mol. The first-order chi connectivity index (χ1) is 7.98. The molecule has 0 saturated heterocycles. The molecule has 18 heavy (non-hydrogen) atoms. The van der Waals surface area contributed by atoms with Gasteiger partial charge in [0.15, 0.2) is 0 Å². The zero-order valence-corrected chi connectivity index (χ0v) is 10.6. The van der Waals surface area contributed by atoms with E-state index in [-0.39, 0.29) is 10.4 Å². The highest BCUT2D eigenvalue weighted by molar-refractivity contribution is 7.86. The molecule has 0 unspecified atom stereocenters. The lowest BCUT2D eigenvalue weighted by atomic mass is 10.0. The largest absolute Gasteiger partial charge is 0.412 e. The number of hydrogen-bond donors (Lipinski definition) is 1. The second kappa shape index (κ2) is 5.30. The lowest BCUT2D eigenvalue weighted by Gasteiger charge is -2.07. The summed E-state index contributed by atoms with van der Waals surface area (Å²) in [6.45, 7) is 1.96. The molecule has 96 valence electrons. The predicted molar refractivity (Wildman–Crippen MR) is 70.0 cm³/mol. The maximum absolute atomic E-state index is 11.2. The van der Waals surface area contributed by atoms with Crippen molar-refractivity contribution in [2.45, 2.75) is 11.8 Å². The molecule has 0 spiro atoms. The minimum atomic E-state index is -4.19. The van der Waals surface area contributed by atoms with Crippen LogP contribution in [0, 0.1) is 6.92 Å².